The number of rotatable bonds is 2. The van der Waals surface area contributed by atoms with Gasteiger partial charge in [0.25, 0.3) is 11.7 Å². The highest BCUT2D eigenvalue weighted by molar-refractivity contribution is 6.30. The van der Waals surface area contributed by atoms with Gasteiger partial charge < -0.3 is 4.90 Å². The Hall–Kier alpha value is -2.34. The Morgan fingerprint density at radius 3 is 2.32 bits per heavy atom. The van der Waals surface area contributed by atoms with E-state index in [9.17, 15) is 22.8 Å². The topological polar surface area (TPSA) is 37.4 Å². The maximum absolute atomic E-state index is 13.1. The van der Waals surface area contributed by atoms with E-state index in [2.05, 4.69) is 0 Å². The second-order valence-electron chi connectivity index (χ2n) is 5.72. The summed E-state index contributed by atoms with van der Waals surface area (Å²) in [6, 6.07) is 10.5. The molecule has 1 aliphatic rings. The standard InChI is InChI=1S/C18H13ClF3NO2/c19-13-7-5-12(6-8-13)17(25)23-10-9-11-3-1-2-4-14(11)15(23)16(24)18(20,21)22/h1-8,15H,9-10H2. The van der Waals surface area contributed by atoms with Crippen LogP contribution in [-0.2, 0) is 11.2 Å². The van der Waals surface area contributed by atoms with Crippen LogP contribution in [0.25, 0.3) is 0 Å². The second kappa shape index (κ2) is 6.52. The van der Waals surface area contributed by atoms with Crippen molar-refractivity contribution >= 4 is 23.3 Å². The third-order valence-corrected chi connectivity index (χ3v) is 4.42. The number of carbonyl (C=O) groups excluding carboxylic acids is 2. The molecule has 0 spiro atoms. The molecule has 3 nitrogen and oxygen atoms in total. The maximum Gasteiger partial charge on any atom is 0.452 e. The first-order valence-corrected chi connectivity index (χ1v) is 7.92. The van der Waals surface area contributed by atoms with Crippen LogP contribution in [0, 0.1) is 0 Å². The van der Waals surface area contributed by atoms with Crippen molar-refractivity contribution in [1.82, 2.24) is 4.90 Å². The zero-order valence-corrected chi connectivity index (χ0v) is 13.6. The Kier molecular flexibility index (Phi) is 4.56. The molecule has 130 valence electrons. The average Bonchev–Trinajstić information content (AvgIpc) is 2.59. The number of alkyl halides is 3. The third kappa shape index (κ3) is 3.39. The van der Waals surface area contributed by atoms with Gasteiger partial charge in [0, 0.05) is 17.1 Å². The molecule has 0 aliphatic carbocycles. The van der Waals surface area contributed by atoms with Gasteiger partial charge in [-0.25, -0.2) is 0 Å². The first kappa shape index (κ1) is 17.5. The van der Waals surface area contributed by atoms with E-state index in [-0.39, 0.29) is 17.7 Å². The Labute approximate surface area is 147 Å². The van der Waals surface area contributed by atoms with Crippen molar-refractivity contribution in [1.29, 1.82) is 0 Å². The van der Waals surface area contributed by atoms with Crippen LogP contribution in [0.3, 0.4) is 0 Å². The Morgan fingerprint density at radius 2 is 1.68 bits per heavy atom. The Morgan fingerprint density at radius 1 is 1.04 bits per heavy atom. The highest BCUT2D eigenvalue weighted by atomic mass is 35.5. The van der Waals surface area contributed by atoms with Crippen molar-refractivity contribution in [3.63, 3.8) is 0 Å². The van der Waals surface area contributed by atoms with Gasteiger partial charge in [-0.3, -0.25) is 9.59 Å². The van der Waals surface area contributed by atoms with Crippen LogP contribution in [0.15, 0.2) is 48.5 Å². The Bertz CT molecular complexity index is 818. The van der Waals surface area contributed by atoms with Gasteiger partial charge in [-0.1, -0.05) is 35.9 Å². The quantitative estimate of drug-likeness (QED) is 0.797. The molecule has 0 saturated heterocycles. The largest absolute Gasteiger partial charge is 0.452 e. The summed E-state index contributed by atoms with van der Waals surface area (Å²) >= 11 is 5.78. The van der Waals surface area contributed by atoms with Crippen molar-refractivity contribution in [3.05, 3.63) is 70.2 Å². The molecular weight excluding hydrogens is 355 g/mol. The van der Waals surface area contributed by atoms with E-state index < -0.39 is 23.9 Å². The molecule has 0 radical (unpaired) electrons. The fraction of sp³-hybridized carbons (Fsp3) is 0.222. The molecule has 1 atom stereocenters. The molecule has 0 aromatic heterocycles. The number of fused-ring (bicyclic) bond motifs is 1. The number of amides is 1. The lowest BCUT2D eigenvalue weighted by molar-refractivity contribution is -0.176. The molecule has 1 unspecified atom stereocenters. The van der Waals surface area contributed by atoms with Gasteiger partial charge in [-0.15, -0.1) is 0 Å². The fourth-order valence-electron chi connectivity index (χ4n) is 2.98. The van der Waals surface area contributed by atoms with Gasteiger partial charge in [0.15, 0.2) is 0 Å². The molecule has 2 aromatic carbocycles. The van der Waals surface area contributed by atoms with E-state index in [4.69, 9.17) is 11.6 Å². The van der Waals surface area contributed by atoms with Crippen molar-refractivity contribution in [2.45, 2.75) is 18.6 Å². The van der Waals surface area contributed by atoms with Crippen LogP contribution in [0.1, 0.15) is 27.5 Å². The number of Topliss-reactive ketones (excluding diaryl/α,β-unsaturated/α-hetero) is 1. The lowest BCUT2D eigenvalue weighted by Gasteiger charge is -2.36. The summed E-state index contributed by atoms with van der Waals surface area (Å²) in [6.45, 7) is 0.0327. The van der Waals surface area contributed by atoms with Gasteiger partial charge in [0.2, 0.25) is 0 Å². The molecule has 7 heteroatoms. The van der Waals surface area contributed by atoms with Gasteiger partial charge in [0.05, 0.1) is 0 Å². The minimum absolute atomic E-state index is 0.0327. The van der Waals surface area contributed by atoms with Crippen molar-refractivity contribution in [2.75, 3.05) is 6.54 Å². The number of hydrogen-bond acceptors (Lipinski definition) is 2. The number of halogens is 4. The Balaban J connectivity index is 2.04. The zero-order chi connectivity index (χ0) is 18.2. The molecule has 1 aliphatic heterocycles. The molecule has 25 heavy (non-hydrogen) atoms. The van der Waals surface area contributed by atoms with E-state index >= 15 is 0 Å². The summed E-state index contributed by atoms with van der Waals surface area (Å²) in [4.78, 5) is 25.8. The van der Waals surface area contributed by atoms with Gasteiger partial charge in [0.1, 0.15) is 6.04 Å². The van der Waals surface area contributed by atoms with Crippen LogP contribution in [0.5, 0.6) is 0 Å². The minimum atomic E-state index is -5.03. The monoisotopic (exact) mass is 367 g/mol. The highest BCUT2D eigenvalue weighted by Gasteiger charge is 2.49. The molecule has 1 heterocycles. The van der Waals surface area contributed by atoms with Crippen LogP contribution < -0.4 is 0 Å². The molecule has 0 fully saturated rings. The second-order valence-corrected chi connectivity index (χ2v) is 6.16. The predicted octanol–water partition coefficient (Wildman–Crippen LogP) is 4.21. The van der Waals surface area contributed by atoms with Crippen molar-refractivity contribution < 1.29 is 22.8 Å². The summed E-state index contributed by atoms with van der Waals surface area (Å²) in [5.41, 5.74) is 1.05. The SMILES string of the molecule is O=C(c1ccc(Cl)cc1)N1CCc2ccccc2C1C(=O)C(F)(F)F. The van der Waals surface area contributed by atoms with E-state index in [1.54, 1.807) is 18.2 Å². The molecule has 1 amide bonds. The molecular formula is C18H13ClF3NO2. The van der Waals surface area contributed by atoms with Crippen LogP contribution in [0.4, 0.5) is 13.2 Å². The summed E-state index contributed by atoms with van der Waals surface area (Å²) < 4.78 is 39.3. The van der Waals surface area contributed by atoms with Crippen molar-refractivity contribution in [2.24, 2.45) is 0 Å². The number of carbonyl (C=O) groups is 2. The summed E-state index contributed by atoms with van der Waals surface area (Å²) in [5, 5.41) is 0.406. The lowest BCUT2D eigenvalue weighted by atomic mass is 9.89. The molecule has 0 N–H and O–H groups in total. The average molecular weight is 368 g/mol. The van der Waals surface area contributed by atoms with E-state index in [1.165, 1.54) is 30.3 Å². The highest BCUT2D eigenvalue weighted by Crippen LogP contribution is 2.36. The predicted molar refractivity (Wildman–Crippen MR) is 86.4 cm³/mol. The molecule has 2 aromatic rings. The molecule has 0 saturated carbocycles. The minimum Gasteiger partial charge on any atom is -0.324 e. The maximum atomic E-state index is 13.1. The van der Waals surface area contributed by atoms with Crippen molar-refractivity contribution in [3.8, 4) is 0 Å². The summed E-state index contributed by atoms with van der Waals surface area (Å²) in [6.07, 6.45) is -4.65. The number of nitrogens with zero attached hydrogens (tertiary/aromatic N) is 1. The number of hydrogen-bond donors (Lipinski definition) is 0. The van der Waals surface area contributed by atoms with Crippen LogP contribution in [0.2, 0.25) is 5.02 Å². The van der Waals surface area contributed by atoms with Crippen LogP contribution in [-0.4, -0.2) is 29.3 Å². The van der Waals surface area contributed by atoms with Gasteiger partial charge in [-0.2, -0.15) is 13.2 Å². The van der Waals surface area contributed by atoms with E-state index in [0.717, 1.165) is 4.90 Å². The zero-order valence-electron chi connectivity index (χ0n) is 12.9. The van der Waals surface area contributed by atoms with E-state index in [0.29, 0.717) is 17.0 Å². The van der Waals surface area contributed by atoms with E-state index in [1.807, 2.05) is 0 Å². The smallest absolute Gasteiger partial charge is 0.324 e. The summed E-state index contributed by atoms with van der Waals surface area (Å²) in [7, 11) is 0. The molecule has 3 rings (SSSR count). The first-order valence-electron chi connectivity index (χ1n) is 7.54. The first-order chi connectivity index (χ1) is 11.8. The fourth-order valence-corrected chi connectivity index (χ4v) is 3.11. The third-order valence-electron chi connectivity index (χ3n) is 4.16. The number of benzene rings is 2. The summed E-state index contributed by atoms with van der Waals surface area (Å²) in [5.74, 6) is -2.57. The van der Waals surface area contributed by atoms with Gasteiger partial charge >= 0.3 is 6.18 Å². The number of ketones is 1. The van der Waals surface area contributed by atoms with Crippen LogP contribution >= 0.6 is 11.6 Å². The normalized spacial score (nSPS) is 17.1. The lowest BCUT2D eigenvalue weighted by Crippen LogP contribution is -2.47. The molecule has 0 bridgehead atoms. The van der Waals surface area contributed by atoms with Gasteiger partial charge in [-0.05, 0) is 41.8 Å².